The van der Waals surface area contributed by atoms with Crippen LogP contribution in [0.15, 0.2) is 84.9 Å². The minimum Gasteiger partial charge on any atom is -0.354 e. The lowest BCUT2D eigenvalue weighted by Crippen LogP contribution is -2.59. The van der Waals surface area contributed by atoms with Gasteiger partial charge >= 0.3 is 0 Å². The summed E-state index contributed by atoms with van der Waals surface area (Å²) in [7, 11) is 0. The SMILES string of the molecule is C#Cc1ccc2c(c1)C1(c3cc(C#C)ccc3-2)c2c(C)nnc(C)c2N2CCc3ccccc3C21c1ccc(C)cc1. The third-order valence-electron chi connectivity index (χ3n) is 9.84. The van der Waals surface area contributed by atoms with E-state index in [0.29, 0.717) is 0 Å². The van der Waals surface area contributed by atoms with Crippen LogP contribution in [0.5, 0.6) is 0 Å². The van der Waals surface area contributed by atoms with Crippen molar-refractivity contribution in [2.24, 2.45) is 0 Å². The topological polar surface area (TPSA) is 29.0 Å². The molecule has 0 fully saturated rings. The lowest BCUT2D eigenvalue weighted by Gasteiger charge is -2.54. The average molecular weight is 540 g/mol. The molecular weight excluding hydrogens is 510 g/mol. The third-order valence-corrected chi connectivity index (χ3v) is 9.84. The number of benzene rings is 4. The largest absolute Gasteiger partial charge is 0.354 e. The predicted molar refractivity (Wildman–Crippen MR) is 169 cm³/mol. The van der Waals surface area contributed by atoms with Crippen LogP contribution in [0.2, 0.25) is 0 Å². The normalized spacial score (nSPS) is 18.4. The standard InChI is InChI=1S/C39H29N3/c1-6-27-14-18-31-32-19-15-28(7-2)23-35(32)38(34(31)22-27)36-25(4)40-41-26(5)37(36)42-21-20-29-10-8-9-11-33(29)39(38,42)30-16-12-24(3)13-17-30/h1-2,8-19,22-23H,20-21H2,3-5H3. The van der Waals surface area contributed by atoms with E-state index in [-0.39, 0.29) is 0 Å². The van der Waals surface area contributed by atoms with Crippen LogP contribution in [0.25, 0.3) is 11.1 Å². The highest BCUT2D eigenvalue weighted by atomic mass is 15.3. The molecule has 1 spiro atoms. The van der Waals surface area contributed by atoms with Gasteiger partial charge in [-0.05, 0) is 90.4 Å². The van der Waals surface area contributed by atoms with Crippen molar-refractivity contribution in [1.29, 1.82) is 0 Å². The van der Waals surface area contributed by atoms with Crippen LogP contribution in [-0.4, -0.2) is 16.7 Å². The summed E-state index contributed by atoms with van der Waals surface area (Å²) in [5.41, 5.74) is 14.4. The fraction of sp³-hybridized carbons (Fsp3) is 0.179. The number of fused-ring (bicyclic) bond motifs is 12. The van der Waals surface area contributed by atoms with E-state index in [1.807, 2.05) is 0 Å². The molecule has 3 heteroatoms. The number of hydrogen-bond donors (Lipinski definition) is 0. The lowest BCUT2D eigenvalue weighted by atomic mass is 9.55. The summed E-state index contributed by atoms with van der Waals surface area (Å²) in [4.78, 5) is 2.64. The molecule has 2 aliphatic heterocycles. The Morgan fingerprint density at radius 1 is 0.714 bits per heavy atom. The van der Waals surface area contributed by atoms with Gasteiger partial charge in [0.1, 0.15) is 5.54 Å². The Kier molecular flexibility index (Phi) is 4.96. The summed E-state index contributed by atoms with van der Waals surface area (Å²) in [6, 6.07) is 31.0. The number of hydrogen-bond acceptors (Lipinski definition) is 3. The van der Waals surface area contributed by atoms with Crippen molar-refractivity contribution < 1.29 is 0 Å². The number of terminal acetylenes is 2. The summed E-state index contributed by atoms with van der Waals surface area (Å²) in [6.07, 6.45) is 13.1. The smallest absolute Gasteiger partial charge is 0.109 e. The van der Waals surface area contributed by atoms with Crippen LogP contribution < -0.4 is 4.90 Å². The van der Waals surface area contributed by atoms with Gasteiger partial charge in [0.05, 0.1) is 22.5 Å². The highest BCUT2D eigenvalue weighted by molar-refractivity contribution is 5.93. The molecule has 1 atom stereocenters. The van der Waals surface area contributed by atoms with E-state index in [1.54, 1.807) is 0 Å². The van der Waals surface area contributed by atoms with Gasteiger partial charge in [0.25, 0.3) is 0 Å². The summed E-state index contributed by atoms with van der Waals surface area (Å²) in [6.45, 7) is 7.19. The van der Waals surface area contributed by atoms with Crippen LogP contribution in [-0.2, 0) is 17.4 Å². The van der Waals surface area contributed by atoms with Crippen LogP contribution in [0, 0.1) is 45.5 Å². The summed E-state index contributed by atoms with van der Waals surface area (Å²) in [5.74, 6) is 5.88. The molecular formula is C39H29N3. The van der Waals surface area contributed by atoms with Gasteiger partial charge in [-0.15, -0.1) is 12.8 Å². The van der Waals surface area contributed by atoms with Gasteiger partial charge in [-0.3, -0.25) is 0 Å². The van der Waals surface area contributed by atoms with Crippen molar-refractivity contribution in [2.45, 2.75) is 38.1 Å². The fourth-order valence-electron chi connectivity index (χ4n) is 8.37. The molecule has 0 bridgehead atoms. The number of anilines is 1. The zero-order valence-corrected chi connectivity index (χ0v) is 24.0. The molecule has 0 saturated carbocycles. The Bertz CT molecular complexity index is 1990. The molecule has 0 radical (unpaired) electrons. The maximum atomic E-state index is 6.09. The number of aryl methyl sites for hydroxylation is 3. The van der Waals surface area contributed by atoms with Crippen molar-refractivity contribution in [3.8, 4) is 35.8 Å². The summed E-state index contributed by atoms with van der Waals surface area (Å²) < 4.78 is 0. The first-order valence-electron chi connectivity index (χ1n) is 14.5. The molecule has 8 rings (SSSR count). The molecule has 3 nitrogen and oxygen atoms in total. The molecule has 0 N–H and O–H groups in total. The maximum Gasteiger partial charge on any atom is 0.109 e. The van der Waals surface area contributed by atoms with E-state index in [0.717, 1.165) is 41.2 Å². The zero-order valence-electron chi connectivity index (χ0n) is 24.0. The van der Waals surface area contributed by atoms with Crippen molar-refractivity contribution in [2.75, 3.05) is 11.4 Å². The molecule has 4 aromatic carbocycles. The van der Waals surface area contributed by atoms with E-state index >= 15 is 0 Å². The van der Waals surface area contributed by atoms with Gasteiger partial charge < -0.3 is 4.90 Å². The highest BCUT2D eigenvalue weighted by Gasteiger charge is 2.70. The first-order valence-corrected chi connectivity index (χ1v) is 14.5. The monoisotopic (exact) mass is 539 g/mol. The van der Waals surface area contributed by atoms with Crippen LogP contribution in [0.1, 0.15) is 61.5 Å². The molecule has 1 aromatic heterocycles. The second-order valence-electron chi connectivity index (χ2n) is 11.8. The van der Waals surface area contributed by atoms with Gasteiger partial charge in [-0.25, -0.2) is 0 Å². The Morgan fingerprint density at radius 2 is 1.33 bits per heavy atom. The van der Waals surface area contributed by atoms with E-state index in [9.17, 15) is 0 Å². The van der Waals surface area contributed by atoms with Crippen molar-refractivity contribution in [3.05, 3.63) is 146 Å². The second-order valence-corrected chi connectivity index (χ2v) is 11.8. The maximum absolute atomic E-state index is 6.09. The molecule has 3 aliphatic rings. The Balaban J connectivity index is 1.70. The van der Waals surface area contributed by atoms with E-state index in [1.165, 1.54) is 50.1 Å². The first kappa shape index (κ1) is 24.7. The summed E-state index contributed by atoms with van der Waals surface area (Å²) in [5, 5.41) is 9.51. The van der Waals surface area contributed by atoms with E-state index < -0.39 is 11.0 Å². The minimum atomic E-state index is -0.691. The van der Waals surface area contributed by atoms with Gasteiger partial charge in [0.2, 0.25) is 0 Å². The average Bonchev–Trinajstić information content (AvgIpc) is 3.48. The van der Waals surface area contributed by atoms with Crippen molar-refractivity contribution in [1.82, 2.24) is 10.2 Å². The second kappa shape index (κ2) is 8.45. The molecule has 42 heavy (non-hydrogen) atoms. The molecule has 0 saturated heterocycles. The molecule has 5 aromatic rings. The highest BCUT2D eigenvalue weighted by Crippen LogP contribution is 2.71. The molecule has 1 aliphatic carbocycles. The van der Waals surface area contributed by atoms with Gasteiger partial charge in [0, 0.05) is 23.2 Å². The fourth-order valence-corrected chi connectivity index (χ4v) is 8.37. The molecule has 200 valence electrons. The van der Waals surface area contributed by atoms with Gasteiger partial charge in [-0.1, -0.05) is 78.1 Å². The van der Waals surface area contributed by atoms with E-state index in [2.05, 4.69) is 122 Å². The first-order chi connectivity index (χ1) is 20.5. The Morgan fingerprint density at radius 3 is 1.98 bits per heavy atom. The molecule has 0 amide bonds. The van der Waals surface area contributed by atoms with Gasteiger partial charge in [0.15, 0.2) is 0 Å². The van der Waals surface area contributed by atoms with Crippen LogP contribution >= 0.6 is 0 Å². The van der Waals surface area contributed by atoms with Crippen molar-refractivity contribution >= 4 is 5.69 Å². The zero-order chi connectivity index (χ0) is 28.8. The quantitative estimate of drug-likeness (QED) is 0.215. The Hall–Kier alpha value is -5.12. The minimum absolute atomic E-state index is 0.640. The van der Waals surface area contributed by atoms with Crippen LogP contribution in [0.3, 0.4) is 0 Å². The summed E-state index contributed by atoms with van der Waals surface area (Å²) >= 11 is 0. The van der Waals surface area contributed by atoms with Gasteiger partial charge in [-0.2, -0.15) is 10.2 Å². The van der Waals surface area contributed by atoms with E-state index in [4.69, 9.17) is 23.0 Å². The third kappa shape index (κ3) is 2.74. The number of rotatable bonds is 1. The number of aromatic nitrogens is 2. The predicted octanol–water partition coefficient (Wildman–Crippen LogP) is 7.00. The molecule has 3 heterocycles. The Labute approximate surface area is 247 Å². The van der Waals surface area contributed by atoms with Crippen molar-refractivity contribution in [3.63, 3.8) is 0 Å². The lowest BCUT2D eigenvalue weighted by molar-refractivity contribution is 0.358. The van der Waals surface area contributed by atoms with Crippen LogP contribution in [0.4, 0.5) is 5.69 Å². The molecule has 1 unspecified atom stereocenters. The number of nitrogens with zero attached hydrogens (tertiary/aromatic N) is 3.